The van der Waals surface area contributed by atoms with E-state index in [1.54, 1.807) is 13.2 Å². The Morgan fingerprint density at radius 2 is 2.13 bits per heavy atom. The number of halogens is 1. The molecule has 0 fully saturated rings. The fourth-order valence-corrected chi connectivity index (χ4v) is 3.32. The Labute approximate surface area is 145 Å². The van der Waals surface area contributed by atoms with Crippen molar-refractivity contribution in [2.24, 2.45) is 0 Å². The number of para-hydroxylation sites is 1. The second-order valence-electron chi connectivity index (χ2n) is 4.70. The summed E-state index contributed by atoms with van der Waals surface area (Å²) in [5.74, 6) is 0.475. The summed E-state index contributed by atoms with van der Waals surface area (Å²) in [4.78, 5) is 16.4. The summed E-state index contributed by atoms with van der Waals surface area (Å²) >= 11 is 4.86. The van der Waals surface area contributed by atoms with E-state index in [-0.39, 0.29) is 5.91 Å². The molecule has 0 saturated heterocycles. The lowest BCUT2D eigenvalue weighted by molar-refractivity contribution is -0.111. The molecule has 0 spiro atoms. The Morgan fingerprint density at radius 1 is 1.30 bits per heavy atom. The van der Waals surface area contributed by atoms with Crippen LogP contribution < -0.4 is 10.1 Å². The molecule has 23 heavy (non-hydrogen) atoms. The van der Waals surface area contributed by atoms with Gasteiger partial charge in [0.1, 0.15) is 5.75 Å². The third kappa shape index (κ3) is 3.78. The highest BCUT2D eigenvalue weighted by Crippen LogP contribution is 2.26. The number of hydrogen-bond donors (Lipinski definition) is 1. The van der Waals surface area contributed by atoms with Crippen molar-refractivity contribution in [2.75, 3.05) is 12.4 Å². The van der Waals surface area contributed by atoms with Crippen molar-refractivity contribution in [3.05, 3.63) is 58.6 Å². The van der Waals surface area contributed by atoms with E-state index in [1.165, 1.54) is 17.4 Å². The van der Waals surface area contributed by atoms with E-state index >= 15 is 0 Å². The molecule has 4 nitrogen and oxygen atoms in total. The summed E-state index contributed by atoms with van der Waals surface area (Å²) in [6.45, 7) is 0. The first-order chi connectivity index (χ1) is 11.2. The van der Waals surface area contributed by atoms with Crippen LogP contribution in [0.1, 0.15) is 5.56 Å². The predicted molar refractivity (Wildman–Crippen MR) is 98.0 cm³/mol. The van der Waals surface area contributed by atoms with Crippen LogP contribution in [0, 0.1) is 0 Å². The average molecular weight is 389 g/mol. The van der Waals surface area contributed by atoms with Crippen LogP contribution in [0.5, 0.6) is 5.75 Å². The minimum Gasteiger partial charge on any atom is -0.496 e. The zero-order valence-electron chi connectivity index (χ0n) is 12.2. The van der Waals surface area contributed by atoms with Gasteiger partial charge in [0.2, 0.25) is 5.91 Å². The first-order valence-corrected chi connectivity index (χ1v) is 8.45. The molecule has 1 heterocycles. The van der Waals surface area contributed by atoms with Gasteiger partial charge in [0.15, 0.2) is 5.13 Å². The van der Waals surface area contributed by atoms with Gasteiger partial charge in [0.05, 0.1) is 17.3 Å². The monoisotopic (exact) mass is 388 g/mol. The van der Waals surface area contributed by atoms with E-state index in [2.05, 4.69) is 26.2 Å². The number of amides is 1. The maximum absolute atomic E-state index is 12.1. The van der Waals surface area contributed by atoms with E-state index in [0.717, 1.165) is 20.3 Å². The molecule has 0 aliphatic heterocycles. The van der Waals surface area contributed by atoms with Crippen LogP contribution in [0.2, 0.25) is 0 Å². The van der Waals surface area contributed by atoms with Gasteiger partial charge in [0, 0.05) is 16.1 Å². The molecule has 3 aromatic rings. The highest BCUT2D eigenvalue weighted by molar-refractivity contribution is 9.10. The van der Waals surface area contributed by atoms with Crippen LogP contribution in [0.15, 0.2) is 53.0 Å². The van der Waals surface area contributed by atoms with Gasteiger partial charge in [-0.05, 0) is 36.4 Å². The maximum Gasteiger partial charge on any atom is 0.250 e. The molecule has 0 aliphatic rings. The van der Waals surface area contributed by atoms with Crippen LogP contribution in [0.25, 0.3) is 16.3 Å². The van der Waals surface area contributed by atoms with E-state index in [1.807, 2.05) is 42.5 Å². The van der Waals surface area contributed by atoms with Crippen LogP contribution in [0.4, 0.5) is 5.13 Å². The number of fused-ring (bicyclic) bond motifs is 1. The van der Waals surface area contributed by atoms with Crippen molar-refractivity contribution < 1.29 is 9.53 Å². The Balaban J connectivity index is 1.75. The molecule has 6 heteroatoms. The first-order valence-electron chi connectivity index (χ1n) is 6.84. The number of hydrogen-bond acceptors (Lipinski definition) is 4. The second kappa shape index (κ2) is 6.93. The van der Waals surface area contributed by atoms with Crippen molar-refractivity contribution in [1.29, 1.82) is 0 Å². The average Bonchev–Trinajstić information content (AvgIpc) is 2.95. The SMILES string of the molecule is COc1ccc(Br)cc1/C=C/C(=O)Nc1nc2ccccc2s1. The molecule has 2 aromatic carbocycles. The normalized spacial score (nSPS) is 11.0. The van der Waals surface area contributed by atoms with Gasteiger partial charge in [-0.3, -0.25) is 10.1 Å². The fraction of sp³-hybridized carbons (Fsp3) is 0.0588. The zero-order chi connectivity index (χ0) is 16.2. The van der Waals surface area contributed by atoms with Crippen molar-refractivity contribution >= 4 is 54.6 Å². The molecular weight excluding hydrogens is 376 g/mol. The number of benzene rings is 2. The van der Waals surface area contributed by atoms with Gasteiger partial charge in [-0.2, -0.15) is 0 Å². The number of methoxy groups -OCH3 is 1. The number of carbonyl (C=O) groups is 1. The van der Waals surface area contributed by atoms with E-state index in [0.29, 0.717) is 10.9 Å². The van der Waals surface area contributed by atoms with Gasteiger partial charge < -0.3 is 4.74 Å². The van der Waals surface area contributed by atoms with E-state index in [4.69, 9.17) is 4.74 Å². The summed E-state index contributed by atoms with van der Waals surface area (Å²) in [5.41, 5.74) is 1.70. The van der Waals surface area contributed by atoms with Gasteiger partial charge in [0.25, 0.3) is 0 Å². The topological polar surface area (TPSA) is 51.2 Å². The first kappa shape index (κ1) is 15.7. The minimum absolute atomic E-state index is 0.230. The summed E-state index contributed by atoms with van der Waals surface area (Å²) in [6.07, 6.45) is 3.18. The number of nitrogens with zero attached hydrogens (tertiary/aromatic N) is 1. The third-order valence-corrected chi connectivity index (χ3v) is 4.58. The number of carbonyl (C=O) groups excluding carboxylic acids is 1. The van der Waals surface area contributed by atoms with E-state index in [9.17, 15) is 4.79 Å². The molecule has 116 valence electrons. The molecule has 1 N–H and O–H groups in total. The largest absolute Gasteiger partial charge is 0.496 e. The van der Waals surface area contributed by atoms with Gasteiger partial charge in [-0.15, -0.1) is 0 Å². The smallest absolute Gasteiger partial charge is 0.250 e. The zero-order valence-corrected chi connectivity index (χ0v) is 14.6. The van der Waals surface area contributed by atoms with E-state index < -0.39 is 0 Å². The van der Waals surface area contributed by atoms with Crippen molar-refractivity contribution in [3.63, 3.8) is 0 Å². The quantitative estimate of drug-likeness (QED) is 0.657. The molecule has 0 saturated carbocycles. The fourth-order valence-electron chi connectivity index (χ4n) is 2.07. The van der Waals surface area contributed by atoms with Crippen LogP contribution in [0.3, 0.4) is 0 Å². The lowest BCUT2D eigenvalue weighted by atomic mass is 10.2. The lowest BCUT2D eigenvalue weighted by Crippen LogP contribution is -2.07. The van der Waals surface area contributed by atoms with Gasteiger partial charge in [-0.1, -0.05) is 39.4 Å². The number of thiazole rings is 1. The summed E-state index contributed by atoms with van der Waals surface area (Å²) in [7, 11) is 1.60. The van der Waals surface area contributed by atoms with Gasteiger partial charge in [-0.25, -0.2) is 4.98 Å². The molecule has 0 unspecified atom stereocenters. The Morgan fingerprint density at radius 3 is 2.91 bits per heavy atom. The number of ether oxygens (including phenoxy) is 1. The summed E-state index contributed by atoms with van der Waals surface area (Å²) in [6, 6.07) is 13.4. The van der Waals surface area contributed by atoms with Crippen LogP contribution in [-0.4, -0.2) is 18.0 Å². The van der Waals surface area contributed by atoms with Gasteiger partial charge >= 0.3 is 0 Å². The Hall–Kier alpha value is -2.18. The highest BCUT2D eigenvalue weighted by Gasteiger charge is 2.06. The van der Waals surface area contributed by atoms with Crippen molar-refractivity contribution in [2.45, 2.75) is 0 Å². The number of anilines is 1. The molecule has 1 aromatic heterocycles. The van der Waals surface area contributed by atoms with Crippen molar-refractivity contribution in [3.8, 4) is 5.75 Å². The summed E-state index contributed by atoms with van der Waals surface area (Å²) in [5, 5.41) is 3.37. The molecular formula is C17H13BrN2O2S. The number of nitrogens with one attached hydrogen (secondary N) is 1. The molecule has 3 rings (SSSR count). The number of aromatic nitrogens is 1. The predicted octanol–water partition coefficient (Wildman–Crippen LogP) is 4.72. The Bertz CT molecular complexity index is 856. The molecule has 1 amide bonds. The lowest BCUT2D eigenvalue weighted by Gasteiger charge is -2.04. The standard InChI is InChI=1S/C17H13BrN2O2S/c1-22-14-8-7-12(18)10-11(14)6-9-16(21)20-17-19-13-4-2-3-5-15(13)23-17/h2-10H,1H3,(H,19,20,21)/b9-6+. The summed E-state index contributed by atoms with van der Waals surface area (Å²) < 4.78 is 7.24. The Kier molecular flexibility index (Phi) is 4.73. The minimum atomic E-state index is -0.230. The van der Waals surface area contributed by atoms with Crippen LogP contribution >= 0.6 is 27.3 Å². The molecule has 0 radical (unpaired) electrons. The second-order valence-corrected chi connectivity index (χ2v) is 6.64. The maximum atomic E-state index is 12.1. The highest BCUT2D eigenvalue weighted by atomic mass is 79.9. The molecule has 0 aliphatic carbocycles. The number of rotatable bonds is 4. The molecule has 0 bridgehead atoms. The van der Waals surface area contributed by atoms with Crippen LogP contribution in [-0.2, 0) is 4.79 Å². The van der Waals surface area contributed by atoms with Crippen molar-refractivity contribution in [1.82, 2.24) is 4.98 Å². The molecule has 0 atom stereocenters. The third-order valence-electron chi connectivity index (χ3n) is 3.13.